The van der Waals surface area contributed by atoms with E-state index in [9.17, 15) is 4.79 Å². The molecular weight excluding hydrogens is 382 g/mol. The average molecular weight is 403 g/mol. The Kier molecular flexibility index (Phi) is 4.65. The van der Waals surface area contributed by atoms with Crippen molar-refractivity contribution in [1.82, 2.24) is 4.57 Å². The first-order valence-electron chi connectivity index (χ1n) is 10.4. The van der Waals surface area contributed by atoms with Crippen molar-refractivity contribution in [1.29, 1.82) is 5.26 Å². The third-order valence-corrected chi connectivity index (χ3v) is 5.83. The number of para-hydroxylation sites is 2. The fraction of sp³-hybridized carbons (Fsp3) is 0.111. The molecular formula is C27H21N3O. The molecule has 0 saturated carbocycles. The molecule has 1 aromatic heterocycles. The van der Waals surface area contributed by atoms with Crippen molar-refractivity contribution in [3.05, 3.63) is 101 Å². The molecule has 4 aromatic rings. The second kappa shape index (κ2) is 7.62. The Morgan fingerprint density at radius 3 is 2.48 bits per heavy atom. The number of hydrogen-bond acceptors (Lipinski definition) is 2. The zero-order chi connectivity index (χ0) is 21.4. The monoisotopic (exact) mass is 403 g/mol. The zero-order valence-corrected chi connectivity index (χ0v) is 17.2. The van der Waals surface area contributed by atoms with Gasteiger partial charge in [0.2, 0.25) is 0 Å². The molecule has 3 aromatic carbocycles. The van der Waals surface area contributed by atoms with Gasteiger partial charge in [-0.15, -0.1) is 0 Å². The number of aromatic nitrogens is 1. The second-order valence-electron chi connectivity index (χ2n) is 7.66. The molecule has 0 saturated heterocycles. The highest BCUT2D eigenvalue weighted by Crippen LogP contribution is 2.38. The van der Waals surface area contributed by atoms with E-state index < -0.39 is 0 Å². The van der Waals surface area contributed by atoms with E-state index in [4.69, 9.17) is 5.26 Å². The van der Waals surface area contributed by atoms with Crippen LogP contribution in [0.4, 0.5) is 5.69 Å². The number of benzene rings is 3. The molecule has 150 valence electrons. The highest BCUT2D eigenvalue weighted by molar-refractivity contribution is 6.36. The smallest absolute Gasteiger partial charge is 0.258 e. The van der Waals surface area contributed by atoms with Crippen LogP contribution in [0.1, 0.15) is 29.2 Å². The Morgan fingerprint density at radius 1 is 0.968 bits per heavy atom. The van der Waals surface area contributed by atoms with E-state index in [0.717, 1.165) is 38.9 Å². The average Bonchev–Trinajstić information content (AvgIpc) is 3.29. The van der Waals surface area contributed by atoms with Crippen LogP contribution in [0.2, 0.25) is 0 Å². The summed E-state index contributed by atoms with van der Waals surface area (Å²) in [7, 11) is 0. The number of nitriles is 1. The molecule has 4 heteroatoms. The van der Waals surface area contributed by atoms with Crippen LogP contribution in [0.15, 0.2) is 79.0 Å². The van der Waals surface area contributed by atoms with Crippen LogP contribution in [0.25, 0.3) is 22.6 Å². The lowest BCUT2D eigenvalue weighted by Gasteiger charge is -2.13. The Balaban J connectivity index is 1.60. The van der Waals surface area contributed by atoms with E-state index in [0.29, 0.717) is 18.7 Å². The molecule has 0 atom stereocenters. The van der Waals surface area contributed by atoms with Gasteiger partial charge in [0, 0.05) is 46.9 Å². The van der Waals surface area contributed by atoms with Crippen molar-refractivity contribution >= 4 is 34.1 Å². The predicted octanol–water partition coefficient (Wildman–Crippen LogP) is 5.47. The van der Waals surface area contributed by atoms with Crippen molar-refractivity contribution in [2.75, 3.05) is 11.4 Å². The summed E-state index contributed by atoms with van der Waals surface area (Å²) >= 11 is 0. The summed E-state index contributed by atoms with van der Waals surface area (Å²) < 4.78 is 2.20. The van der Waals surface area contributed by atoms with Gasteiger partial charge in [-0.3, -0.25) is 4.79 Å². The third kappa shape index (κ3) is 3.21. The number of hydrogen-bond donors (Lipinski definition) is 0. The van der Waals surface area contributed by atoms with E-state index in [2.05, 4.69) is 29.0 Å². The Labute approximate surface area is 181 Å². The molecule has 5 rings (SSSR count). The van der Waals surface area contributed by atoms with Gasteiger partial charge in [0.25, 0.3) is 5.91 Å². The van der Waals surface area contributed by atoms with Crippen LogP contribution in [0, 0.1) is 11.3 Å². The maximum absolute atomic E-state index is 13.1. The van der Waals surface area contributed by atoms with Crippen molar-refractivity contribution in [2.24, 2.45) is 0 Å². The van der Waals surface area contributed by atoms with Gasteiger partial charge in [-0.05, 0) is 42.8 Å². The number of anilines is 1. The minimum absolute atomic E-state index is 0.0487. The summed E-state index contributed by atoms with van der Waals surface area (Å²) in [5, 5.41) is 10.1. The van der Waals surface area contributed by atoms with E-state index in [1.807, 2.05) is 78.6 Å². The van der Waals surface area contributed by atoms with Crippen molar-refractivity contribution < 1.29 is 4.79 Å². The molecule has 1 aliphatic rings. The maximum atomic E-state index is 13.1. The molecule has 0 fully saturated rings. The van der Waals surface area contributed by atoms with Crippen molar-refractivity contribution in [2.45, 2.75) is 13.5 Å². The van der Waals surface area contributed by atoms with Gasteiger partial charge in [0.15, 0.2) is 0 Å². The quantitative estimate of drug-likeness (QED) is 0.424. The fourth-order valence-electron chi connectivity index (χ4n) is 4.32. The van der Waals surface area contributed by atoms with Crippen molar-refractivity contribution in [3.8, 4) is 6.07 Å². The number of rotatable bonds is 4. The Hall–Kier alpha value is -4.10. The lowest BCUT2D eigenvalue weighted by atomic mass is 10.0. The molecule has 2 heterocycles. The van der Waals surface area contributed by atoms with Crippen LogP contribution in [-0.4, -0.2) is 17.0 Å². The number of fused-ring (bicyclic) bond motifs is 2. The van der Waals surface area contributed by atoms with Gasteiger partial charge in [0.05, 0.1) is 17.3 Å². The number of amides is 1. The topological polar surface area (TPSA) is 49.0 Å². The van der Waals surface area contributed by atoms with Gasteiger partial charge < -0.3 is 9.47 Å². The number of carbonyl (C=O) groups excluding carboxylic acids is 1. The van der Waals surface area contributed by atoms with Gasteiger partial charge in [-0.1, -0.05) is 48.5 Å². The molecule has 0 N–H and O–H groups in total. The molecule has 0 radical (unpaired) electrons. The van der Waals surface area contributed by atoms with Gasteiger partial charge in [0.1, 0.15) is 0 Å². The van der Waals surface area contributed by atoms with Crippen LogP contribution < -0.4 is 4.90 Å². The van der Waals surface area contributed by atoms with Crippen LogP contribution in [-0.2, 0) is 11.3 Å². The first-order chi connectivity index (χ1) is 15.2. The fourth-order valence-corrected chi connectivity index (χ4v) is 4.32. The number of likely N-dealkylation sites (N-methyl/N-ethyl adjacent to an activating group) is 1. The van der Waals surface area contributed by atoms with Gasteiger partial charge >= 0.3 is 0 Å². The number of nitrogens with zero attached hydrogens (tertiary/aromatic N) is 3. The first kappa shape index (κ1) is 18.9. The molecule has 0 aliphatic carbocycles. The Bertz CT molecular complexity index is 1370. The van der Waals surface area contributed by atoms with Crippen molar-refractivity contribution in [3.63, 3.8) is 0 Å². The summed E-state index contributed by atoms with van der Waals surface area (Å²) in [5.74, 6) is 0.0487. The molecule has 0 bridgehead atoms. The predicted molar refractivity (Wildman–Crippen MR) is 125 cm³/mol. The van der Waals surface area contributed by atoms with Crippen LogP contribution >= 0.6 is 0 Å². The first-order valence-corrected chi connectivity index (χ1v) is 10.4. The van der Waals surface area contributed by atoms with E-state index in [-0.39, 0.29) is 5.91 Å². The summed E-state index contributed by atoms with van der Waals surface area (Å²) in [6, 6.07) is 26.1. The number of carbonyl (C=O) groups is 1. The molecule has 1 amide bonds. The molecule has 0 unspecified atom stereocenters. The van der Waals surface area contributed by atoms with Crippen LogP contribution in [0.5, 0.6) is 0 Å². The largest absolute Gasteiger partial charge is 0.342 e. The minimum atomic E-state index is 0.0487. The third-order valence-electron chi connectivity index (χ3n) is 5.83. The lowest BCUT2D eigenvalue weighted by Crippen LogP contribution is -2.25. The minimum Gasteiger partial charge on any atom is -0.342 e. The highest BCUT2D eigenvalue weighted by Gasteiger charge is 2.31. The normalized spacial score (nSPS) is 14.3. The summed E-state index contributed by atoms with van der Waals surface area (Å²) in [4.78, 5) is 14.9. The van der Waals surface area contributed by atoms with E-state index in [1.54, 1.807) is 0 Å². The van der Waals surface area contributed by atoms with Gasteiger partial charge in [-0.2, -0.15) is 5.26 Å². The standard InChI is InChI=1S/C27H21N3O/c1-2-30-26-10-6-4-8-23(26)24(27(30)31)15-21-18-29(25-9-5-3-7-22(21)25)17-20-13-11-19(16-28)12-14-20/h3-15,18H,2,17H2,1H3/b24-15+. The molecule has 4 nitrogen and oxygen atoms in total. The highest BCUT2D eigenvalue weighted by atomic mass is 16.2. The van der Waals surface area contributed by atoms with E-state index in [1.165, 1.54) is 0 Å². The SMILES string of the molecule is CCN1C(=O)/C(=C/c2cn(Cc3ccc(C#N)cc3)c3ccccc23)c2ccccc21. The Morgan fingerprint density at radius 2 is 1.71 bits per heavy atom. The summed E-state index contributed by atoms with van der Waals surface area (Å²) in [6.07, 6.45) is 4.13. The maximum Gasteiger partial charge on any atom is 0.258 e. The second-order valence-corrected chi connectivity index (χ2v) is 7.66. The summed E-state index contributed by atoms with van der Waals surface area (Å²) in [5.41, 5.74) is 6.62. The van der Waals surface area contributed by atoms with E-state index >= 15 is 0 Å². The van der Waals surface area contributed by atoms with Gasteiger partial charge in [-0.25, -0.2) is 0 Å². The van der Waals surface area contributed by atoms with Crippen LogP contribution in [0.3, 0.4) is 0 Å². The molecule has 31 heavy (non-hydrogen) atoms. The molecule has 0 spiro atoms. The zero-order valence-electron chi connectivity index (χ0n) is 17.2. The molecule has 1 aliphatic heterocycles. The lowest BCUT2D eigenvalue weighted by molar-refractivity contribution is -0.112. The summed E-state index contributed by atoms with van der Waals surface area (Å²) in [6.45, 7) is 3.34.